The molecule has 2 aromatic rings. The number of imidazole rings is 1. The summed E-state index contributed by atoms with van der Waals surface area (Å²) in [5.74, 6) is -1.25. The summed E-state index contributed by atoms with van der Waals surface area (Å²) < 4.78 is 1.65. The van der Waals surface area contributed by atoms with E-state index in [0.29, 0.717) is 16.3 Å². The van der Waals surface area contributed by atoms with Crippen LogP contribution in [0.15, 0.2) is 23.5 Å². The van der Waals surface area contributed by atoms with Crippen LogP contribution in [0.3, 0.4) is 0 Å². The molecule has 1 atom stereocenters. The van der Waals surface area contributed by atoms with E-state index >= 15 is 0 Å². The number of hydrogen-bond acceptors (Lipinski definition) is 5. The Kier molecular flexibility index (Phi) is 4.23. The van der Waals surface area contributed by atoms with Gasteiger partial charge in [0.05, 0.1) is 5.75 Å². The number of nitrogens with one attached hydrogen (secondary N) is 1. The molecule has 7 nitrogen and oxygen atoms in total. The molecule has 106 valence electrons. The van der Waals surface area contributed by atoms with E-state index in [2.05, 4.69) is 15.3 Å². The first-order valence-corrected chi connectivity index (χ1v) is 6.92. The number of aromatic nitrogens is 3. The van der Waals surface area contributed by atoms with Crippen LogP contribution in [0, 0.1) is 0 Å². The van der Waals surface area contributed by atoms with Crippen molar-refractivity contribution in [2.45, 2.75) is 18.1 Å². The van der Waals surface area contributed by atoms with Gasteiger partial charge >= 0.3 is 5.97 Å². The molecule has 2 aromatic heterocycles. The number of rotatable bonds is 5. The number of fused-ring (bicyclic) bond motifs is 1. The molecule has 0 spiro atoms. The van der Waals surface area contributed by atoms with Crippen molar-refractivity contribution >= 4 is 34.8 Å². The minimum absolute atomic E-state index is 0.121. The number of carbonyl (C=O) groups is 2. The average Bonchev–Trinajstić information content (AvgIpc) is 2.81. The highest BCUT2D eigenvalue weighted by molar-refractivity contribution is 7.99. The highest BCUT2D eigenvalue weighted by Gasteiger charge is 2.22. The van der Waals surface area contributed by atoms with E-state index < -0.39 is 12.0 Å². The highest BCUT2D eigenvalue weighted by atomic mass is 32.2. The zero-order chi connectivity index (χ0) is 14.7. The topological polar surface area (TPSA) is 97.1 Å². The Bertz CT molecular complexity index is 655. The molecule has 0 bridgehead atoms. The molecule has 0 fully saturated rings. The molecular formula is C12H14N4O3S. The molecule has 0 aromatic carbocycles. The summed E-state index contributed by atoms with van der Waals surface area (Å²) in [5.41, 5.74) is 1.20. The summed E-state index contributed by atoms with van der Waals surface area (Å²) in [7, 11) is 1.55. The number of nitrogens with zero attached hydrogens (tertiary/aromatic N) is 3. The Balaban J connectivity index is 2.49. The smallest absolute Gasteiger partial charge is 0.313 e. The molecule has 2 N–H and O–H groups in total. The van der Waals surface area contributed by atoms with Crippen molar-refractivity contribution in [2.24, 2.45) is 0 Å². The first-order valence-electron chi connectivity index (χ1n) is 5.93. The Morgan fingerprint density at radius 1 is 1.55 bits per heavy atom. The lowest BCUT2D eigenvalue weighted by molar-refractivity contribution is -0.133. The van der Waals surface area contributed by atoms with Crippen LogP contribution in [0.2, 0.25) is 0 Å². The average molecular weight is 294 g/mol. The van der Waals surface area contributed by atoms with E-state index in [-0.39, 0.29) is 11.7 Å². The normalized spacial score (nSPS) is 12.3. The lowest BCUT2D eigenvalue weighted by Crippen LogP contribution is -2.28. The van der Waals surface area contributed by atoms with Crippen molar-refractivity contribution < 1.29 is 14.7 Å². The van der Waals surface area contributed by atoms with Crippen LogP contribution >= 0.6 is 11.8 Å². The van der Waals surface area contributed by atoms with Gasteiger partial charge in [0, 0.05) is 13.2 Å². The SMILES string of the molecule is CNC(=O)C(C)n1c(SCC(=O)O)nc2cccnc21. The van der Waals surface area contributed by atoms with Crippen LogP contribution < -0.4 is 5.32 Å². The van der Waals surface area contributed by atoms with Gasteiger partial charge in [0.2, 0.25) is 5.91 Å². The summed E-state index contributed by atoms with van der Waals surface area (Å²) in [6.45, 7) is 1.72. The number of carboxylic acid groups (broad SMARTS) is 1. The van der Waals surface area contributed by atoms with Gasteiger partial charge in [0.25, 0.3) is 0 Å². The third kappa shape index (κ3) is 2.74. The second-order valence-corrected chi connectivity index (χ2v) is 5.03. The van der Waals surface area contributed by atoms with Gasteiger partial charge in [0.1, 0.15) is 11.6 Å². The van der Waals surface area contributed by atoms with Gasteiger partial charge < -0.3 is 10.4 Å². The molecular weight excluding hydrogens is 280 g/mol. The number of aliphatic carboxylic acids is 1. The molecule has 20 heavy (non-hydrogen) atoms. The van der Waals surface area contributed by atoms with Gasteiger partial charge in [-0.2, -0.15) is 0 Å². The van der Waals surface area contributed by atoms with E-state index in [0.717, 1.165) is 11.8 Å². The predicted molar refractivity (Wildman–Crippen MR) is 74.7 cm³/mol. The minimum atomic E-state index is -0.936. The molecule has 0 saturated carbocycles. The summed E-state index contributed by atoms with van der Waals surface area (Å²) in [5, 5.41) is 11.8. The van der Waals surface area contributed by atoms with E-state index in [9.17, 15) is 9.59 Å². The number of likely N-dealkylation sites (N-methyl/N-ethyl adjacent to an activating group) is 1. The fraction of sp³-hybridized carbons (Fsp3) is 0.333. The Hall–Kier alpha value is -2.09. The van der Waals surface area contributed by atoms with Crippen molar-refractivity contribution in [3.8, 4) is 0 Å². The zero-order valence-electron chi connectivity index (χ0n) is 11.0. The molecule has 0 saturated heterocycles. The lowest BCUT2D eigenvalue weighted by Gasteiger charge is -2.14. The quantitative estimate of drug-likeness (QED) is 0.796. The Morgan fingerprint density at radius 3 is 2.95 bits per heavy atom. The van der Waals surface area contributed by atoms with E-state index in [4.69, 9.17) is 5.11 Å². The fourth-order valence-electron chi connectivity index (χ4n) is 1.81. The molecule has 1 unspecified atom stereocenters. The monoisotopic (exact) mass is 294 g/mol. The summed E-state index contributed by atoms with van der Waals surface area (Å²) in [4.78, 5) is 31.1. The molecule has 8 heteroatoms. The second-order valence-electron chi connectivity index (χ2n) is 4.08. The molecule has 0 aliphatic carbocycles. The summed E-state index contributed by atoms with van der Waals surface area (Å²) in [6, 6.07) is 3.01. The van der Waals surface area contributed by atoms with Crippen LogP contribution in [-0.4, -0.2) is 44.3 Å². The summed E-state index contributed by atoms with van der Waals surface area (Å²) >= 11 is 1.07. The van der Waals surface area contributed by atoms with Crippen LogP contribution in [0.25, 0.3) is 11.2 Å². The number of carboxylic acids is 1. The van der Waals surface area contributed by atoms with Crippen LogP contribution in [-0.2, 0) is 9.59 Å². The largest absolute Gasteiger partial charge is 0.481 e. The van der Waals surface area contributed by atoms with Gasteiger partial charge in [-0.1, -0.05) is 11.8 Å². The lowest BCUT2D eigenvalue weighted by atomic mass is 10.3. The highest BCUT2D eigenvalue weighted by Crippen LogP contribution is 2.26. The van der Waals surface area contributed by atoms with Crippen LogP contribution in [0.1, 0.15) is 13.0 Å². The first-order chi connectivity index (χ1) is 9.54. The van der Waals surface area contributed by atoms with Crippen LogP contribution in [0.4, 0.5) is 0 Å². The van der Waals surface area contributed by atoms with Gasteiger partial charge in [-0.05, 0) is 19.1 Å². The molecule has 2 heterocycles. The van der Waals surface area contributed by atoms with E-state index in [1.54, 1.807) is 36.9 Å². The minimum Gasteiger partial charge on any atom is -0.481 e. The predicted octanol–water partition coefficient (Wildman–Crippen LogP) is 0.915. The van der Waals surface area contributed by atoms with Gasteiger partial charge in [-0.3, -0.25) is 14.2 Å². The maximum absolute atomic E-state index is 11.8. The maximum atomic E-state index is 11.8. The van der Waals surface area contributed by atoms with Gasteiger partial charge in [-0.15, -0.1) is 0 Å². The third-order valence-electron chi connectivity index (χ3n) is 2.75. The molecule has 0 aliphatic rings. The number of amides is 1. The third-order valence-corrected chi connectivity index (χ3v) is 3.69. The zero-order valence-corrected chi connectivity index (χ0v) is 11.8. The maximum Gasteiger partial charge on any atom is 0.313 e. The standard InChI is InChI=1S/C12H14N4O3S/c1-7(11(19)13-2)16-10-8(4-3-5-14-10)15-12(16)20-6-9(17)18/h3-5,7H,6H2,1-2H3,(H,13,19)(H,17,18). The number of carbonyl (C=O) groups excluding carboxylic acids is 1. The van der Waals surface area contributed by atoms with Crippen molar-refractivity contribution in [3.63, 3.8) is 0 Å². The second kappa shape index (κ2) is 5.91. The van der Waals surface area contributed by atoms with Crippen molar-refractivity contribution in [1.82, 2.24) is 19.9 Å². The van der Waals surface area contributed by atoms with Crippen molar-refractivity contribution in [3.05, 3.63) is 18.3 Å². The van der Waals surface area contributed by atoms with E-state index in [1.807, 2.05) is 0 Å². The van der Waals surface area contributed by atoms with Crippen molar-refractivity contribution in [2.75, 3.05) is 12.8 Å². The Morgan fingerprint density at radius 2 is 2.30 bits per heavy atom. The Labute approximate surface area is 119 Å². The molecule has 0 radical (unpaired) electrons. The molecule has 1 amide bonds. The number of pyridine rings is 1. The van der Waals surface area contributed by atoms with Gasteiger partial charge in [0.15, 0.2) is 10.8 Å². The number of thioether (sulfide) groups is 1. The molecule has 2 rings (SSSR count). The number of hydrogen-bond donors (Lipinski definition) is 2. The first kappa shape index (κ1) is 14.3. The van der Waals surface area contributed by atoms with Crippen LogP contribution in [0.5, 0.6) is 0 Å². The van der Waals surface area contributed by atoms with Gasteiger partial charge in [-0.25, -0.2) is 9.97 Å². The molecule has 0 aliphatic heterocycles. The fourth-order valence-corrected chi connectivity index (χ4v) is 2.61. The summed E-state index contributed by atoms with van der Waals surface area (Å²) in [6.07, 6.45) is 1.61. The van der Waals surface area contributed by atoms with E-state index in [1.165, 1.54) is 0 Å². The van der Waals surface area contributed by atoms with Crippen molar-refractivity contribution in [1.29, 1.82) is 0 Å².